The molecular weight excluding hydrogens is 278 g/mol. The van der Waals surface area contributed by atoms with Crippen LogP contribution in [0.3, 0.4) is 0 Å². The topological polar surface area (TPSA) is 58.6 Å². The second-order valence-corrected chi connectivity index (χ2v) is 6.52. The summed E-state index contributed by atoms with van der Waals surface area (Å²) in [5.41, 5.74) is 0.399. The normalized spacial score (nSPS) is 16.7. The van der Waals surface area contributed by atoms with Crippen molar-refractivity contribution in [3.63, 3.8) is 0 Å². The van der Waals surface area contributed by atoms with Crippen LogP contribution in [0.2, 0.25) is 0 Å². The molecule has 2 N–H and O–H groups in total. The molecule has 0 spiro atoms. The van der Waals surface area contributed by atoms with Gasteiger partial charge in [-0.25, -0.2) is 0 Å². The third-order valence-corrected chi connectivity index (χ3v) is 4.05. The number of benzene rings is 1. The molecule has 1 amide bonds. The number of amides is 1. The summed E-state index contributed by atoms with van der Waals surface area (Å²) in [5.74, 6) is 0.815. The molecule has 1 aliphatic carbocycles. The van der Waals surface area contributed by atoms with Crippen LogP contribution >= 0.6 is 0 Å². The van der Waals surface area contributed by atoms with Gasteiger partial charge in [0.05, 0.1) is 18.1 Å². The van der Waals surface area contributed by atoms with Crippen molar-refractivity contribution < 1.29 is 14.6 Å². The molecule has 0 aromatic heterocycles. The van der Waals surface area contributed by atoms with Crippen LogP contribution in [0.5, 0.6) is 5.75 Å². The summed E-state index contributed by atoms with van der Waals surface area (Å²) in [6.07, 6.45) is 4.73. The fourth-order valence-corrected chi connectivity index (χ4v) is 2.92. The standard InChI is InChI=1S/C18H27NO3/c1-14(2)22-16-7-5-15(6-8-16)9-12-19-17(20)13-18(21)10-3-4-11-18/h5-8,14,21H,3-4,9-13H2,1-2H3,(H,19,20). The second kappa shape index (κ2) is 7.63. The Morgan fingerprint density at radius 3 is 2.50 bits per heavy atom. The van der Waals surface area contributed by atoms with Gasteiger partial charge in [-0.1, -0.05) is 25.0 Å². The Balaban J connectivity index is 1.70. The monoisotopic (exact) mass is 305 g/mol. The SMILES string of the molecule is CC(C)Oc1ccc(CCNC(=O)CC2(O)CCCC2)cc1. The Hall–Kier alpha value is -1.55. The summed E-state index contributed by atoms with van der Waals surface area (Å²) in [6, 6.07) is 7.96. The Morgan fingerprint density at radius 2 is 1.91 bits per heavy atom. The van der Waals surface area contributed by atoms with Crippen LogP contribution in [0.4, 0.5) is 0 Å². The first-order valence-corrected chi connectivity index (χ1v) is 8.21. The molecule has 2 rings (SSSR count). The van der Waals surface area contributed by atoms with Crippen molar-refractivity contribution in [2.45, 2.75) is 64.1 Å². The van der Waals surface area contributed by atoms with Gasteiger partial charge in [0.2, 0.25) is 5.91 Å². The van der Waals surface area contributed by atoms with Gasteiger partial charge >= 0.3 is 0 Å². The van der Waals surface area contributed by atoms with Crippen molar-refractivity contribution >= 4 is 5.91 Å². The molecule has 0 saturated heterocycles. The minimum Gasteiger partial charge on any atom is -0.491 e. The highest BCUT2D eigenvalue weighted by Gasteiger charge is 2.33. The van der Waals surface area contributed by atoms with Gasteiger partial charge in [0.25, 0.3) is 0 Å². The minimum absolute atomic E-state index is 0.0517. The van der Waals surface area contributed by atoms with Crippen LogP contribution in [0.15, 0.2) is 24.3 Å². The second-order valence-electron chi connectivity index (χ2n) is 6.52. The van der Waals surface area contributed by atoms with Gasteiger partial charge in [-0.05, 0) is 50.8 Å². The lowest BCUT2D eigenvalue weighted by Crippen LogP contribution is -2.35. The van der Waals surface area contributed by atoms with Gasteiger partial charge in [0.1, 0.15) is 5.75 Å². The summed E-state index contributed by atoms with van der Waals surface area (Å²) in [7, 11) is 0. The summed E-state index contributed by atoms with van der Waals surface area (Å²) in [5, 5.41) is 13.1. The van der Waals surface area contributed by atoms with Crippen LogP contribution in [0.25, 0.3) is 0 Å². The van der Waals surface area contributed by atoms with E-state index >= 15 is 0 Å². The largest absolute Gasteiger partial charge is 0.491 e. The maximum atomic E-state index is 11.9. The third-order valence-electron chi connectivity index (χ3n) is 4.05. The average molecular weight is 305 g/mol. The molecule has 4 nitrogen and oxygen atoms in total. The summed E-state index contributed by atoms with van der Waals surface area (Å²) < 4.78 is 5.60. The number of ether oxygens (including phenoxy) is 1. The Kier molecular flexibility index (Phi) is 5.83. The zero-order chi connectivity index (χ0) is 16.0. The van der Waals surface area contributed by atoms with Crippen LogP contribution in [-0.2, 0) is 11.2 Å². The highest BCUT2D eigenvalue weighted by molar-refractivity contribution is 5.77. The molecular formula is C18H27NO3. The van der Waals surface area contributed by atoms with Crippen molar-refractivity contribution in [1.29, 1.82) is 0 Å². The predicted molar refractivity (Wildman–Crippen MR) is 87.0 cm³/mol. The first-order chi connectivity index (χ1) is 10.5. The molecule has 0 atom stereocenters. The van der Waals surface area contributed by atoms with E-state index in [1.807, 2.05) is 38.1 Å². The fourth-order valence-electron chi connectivity index (χ4n) is 2.92. The maximum Gasteiger partial charge on any atom is 0.222 e. The number of nitrogens with one attached hydrogen (secondary N) is 1. The maximum absolute atomic E-state index is 11.9. The Bertz CT molecular complexity index is 476. The highest BCUT2D eigenvalue weighted by Crippen LogP contribution is 2.32. The molecule has 0 heterocycles. The molecule has 4 heteroatoms. The van der Waals surface area contributed by atoms with E-state index in [0.29, 0.717) is 6.54 Å². The molecule has 0 radical (unpaired) electrons. The van der Waals surface area contributed by atoms with Gasteiger partial charge in [-0.15, -0.1) is 0 Å². The molecule has 0 bridgehead atoms. The minimum atomic E-state index is -0.764. The van der Waals surface area contributed by atoms with Crippen LogP contribution < -0.4 is 10.1 Å². The van der Waals surface area contributed by atoms with Crippen LogP contribution in [0.1, 0.15) is 51.5 Å². The summed E-state index contributed by atoms with van der Waals surface area (Å²) in [4.78, 5) is 11.9. The van der Waals surface area contributed by atoms with Crippen molar-refractivity contribution in [3.8, 4) is 5.75 Å². The van der Waals surface area contributed by atoms with Crippen molar-refractivity contribution in [3.05, 3.63) is 29.8 Å². The van der Waals surface area contributed by atoms with E-state index in [4.69, 9.17) is 4.74 Å². The number of hydrogen-bond acceptors (Lipinski definition) is 3. The molecule has 0 aliphatic heterocycles. The zero-order valence-electron chi connectivity index (χ0n) is 13.6. The number of hydrogen-bond donors (Lipinski definition) is 2. The molecule has 1 aromatic carbocycles. The molecule has 0 unspecified atom stereocenters. The van der Waals surface area contributed by atoms with E-state index in [9.17, 15) is 9.90 Å². The van der Waals surface area contributed by atoms with Gasteiger partial charge in [-0.3, -0.25) is 4.79 Å². The zero-order valence-corrected chi connectivity index (χ0v) is 13.6. The van der Waals surface area contributed by atoms with E-state index < -0.39 is 5.60 Å². The lowest BCUT2D eigenvalue weighted by Gasteiger charge is -2.21. The van der Waals surface area contributed by atoms with Gasteiger partial charge in [0, 0.05) is 6.54 Å². The molecule has 1 saturated carbocycles. The molecule has 22 heavy (non-hydrogen) atoms. The quantitative estimate of drug-likeness (QED) is 0.814. The fraction of sp³-hybridized carbons (Fsp3) is 0.611. The molecule has 1 fully saturated rings. The Labute approximate surface area is 132 Å². The first-order valence-electron chi connectivity index (χ1n) is 8.21. The highest BCUT2D eigenvalue weighted by atomic mass is 16.5. The predicted octanol–water partition coefficient (Wildman–Crippen LogP) is 2.83. The van der Waals surface area contributed by atoms with Crippen molar-refractivity contribution in [2.24, 2.45) is 0 Å². The van der Waals surface area contributed by atoms with Gasteiger partial charge in [-0.2, -0.15) is 0 Å². The van der Waals surface area contributed by atoms with Crippen LogP contribution in [0, 0.1) is 0 Å². The molecule has 122 valence electrons. The smallest absolute Gasteiger partial charge is 0.222 e. The van der Waals surface area contributed by atoms with Crippen LogP contribution in [-0.4, -0.2) is 29.3 Å². The lowest BCUT2D eigenvalue weighted by molar-refractivity contribution is -0.125. The first kappa shape index (κ1) is 16.8. The van der Waals surface area contributed by atoms with Crippen molar-refractivity contribution in [1.82, 2.24) is 5.32 Å². The van der Waals surface area contributed by atoms with E-state index in [2.05, 4.69) is 5.32 Å². The van der Waals surface area contributed by atoms with E-state index in [0.717, 1.165) is 43.4 Å². The Morgan fingerprint density at radius 1 is 1.27 bits per heavy atom. The van der Waals surface area contributed by atoms with Gasteiger partial charge in [0.15, 0.2) is 0 Å². The number of carbonyl (C=O) groups is 1. The van der Waals surface area contributed by atoms with E-state index in [1.165, 1.54) is 0 Å². The number of rotatable bonds is 7. The third kappa shape index (κ3) is 5.34. The number of carbonyl (C=O) groups excluding carboxylic acids is 1. The number of aliphatic hydroxyl groups is 1. The molecule has 1 aliphatic rings. The summed E-state index contributed by atoms with van der Waals surface area (Å²) in [6.45, 7) is 4.60. The average Bonchev–Trinajstić information content (AvgIpc) is 2.86. The van der Waals surface area contributed by atoms with Gasteiger partial charge < -0.3 is 15.2 Å². The molecule has 1 aromatic rings. The van der Waals surface area contributed by atoms with E-state index in [1.54, 1.807) is 0 Å². The van der Waals surface area contributed by atoms with Crippen molar-refractivity contribution in [2.75, 3.05) is 6.54 Å². The summed E-state index contributed by atoms with van der Waals surface area (Å²) >= 11 is 0. The lowest BCUT2D eigenvalue weighted by atomic mass is 9.97. The van der Waals surface area contributed by atoms with E-state index in [-0.39, 0.29) is 18.4 Å².